The molecule has 8 heteroatoms. The molecule has 0 bridgehead atoms. The molecule has 2 aromatic heterocycles. The molecule has 1 aliphatic heterocycles. The first-order valence-corrected chi connectivity index (χ1v) is 10.7. The average molecular weight is 448 g/mol. The number of fused-ring (bicyclic) bond motifs is 3. The fraction of sp³-hybridized carbons (Fsp3) is 0.280. The number of nitrogens with zero attached hydrogens (tertiary/aromatic N) is 3. The third kappa shape index (κ3) is 3.76. The molecule has 0 spiro atoms. The van der Waals surface area contributed by atoms with Gasteiger partial charge >= 0.3 is 0 Å². The van der Waals surface area contributed by atoms with E-state index in [4.69, 9.17) is 9.84 Å². The summed E-state index contributed by atoms with van der Waals surface area (Å²) in [6.45, 7) is 3.78. The van der Waals surface area contributed by atoms with Gasteiger partial charge in [-0.2, -0.15) is 5.10 Å². The van der Waals surface area contributed by atoms with Gasteiger partial charge in [0.1, 0.15) is 17.7 Å². The van der Waals surface area contributed by atoms with Crippen molar-refractivity contribution in [1.82, 2.24) is 19.9 Å². The number of aromatic nitrogens is 3. The van der Waals surface area contributed by atoms with E-state index in [-0.39, 0.29) is 5.82 Å². The lowest BCUT2D eigenvalue weighted by molar-refractivity contribution is 0.0786. The number of hydrogen-bond donors (Lipinski definition) is 3. The molecule has 0 amide bonds. The summed E-state index contributed by atoms with van der Waals surface area (Å²) in [5, 5.41) is 29.0. The third-order valence-electron chi connectivity index (χ3n) is 6.04. The van der Waals surface area contributed by atoms with Crippen LogP contribution in [0, 0.1) is 5.82 Å². The second-order valence-corrected chi connectivity index (χ2v) is 8.75. The van der Waals surface area contributed by atoms with Gasteiger partial charge in [-0.3, -0.25) is 0 Å². The number of ether oxygens (including phenoxy) is 1. The molecule has 0 fully saturated rings. The SMILES string of the molecule is COc1cc(F)ccc1[C@@H]1NC[C@@H](O)c2nc3ccc(-c4ccc(C(C)(C)O)cc4)nn3c21. The van der Waals surface area contributed by atoms with Crippen LogP contribution in [0.3, 0.4) is 0 Å². The van der Waals surface area contributed by atoms with Crippen LogP contribution in [0.2, 0.25) is 0 Å². The summed E-state index contributed by atoms with van der Waals surface area (Å²) < 4.78 is 21.0. The molecule has 0 saturated heterocycles. The van der Waals surface area contributed by atoms with Gasteiger partial charge in [0.25, 0.3) is 0 Å². The molecular weight excluding hydrogens is 423 g/mol. The minimum absolute atomic E-state index is 0.299. The summed E-state index contributed by atoms with van der Waals surface area (Å²) in [5.74, 6) is 0.0166. The Labute approximate surface area is 190 Å². The number of methoxy groups -OCH3 is 1. The normalized spacial score (nSPS) is 18.4. The number of rotatable bonds is 4. The standard InChI is InChI=1S/C25H25FN4O3/c1-25(2,32)15-6-4-14(5-7-15)18-10-11-21-28-23-19(31)13-27-22(24(23)30(21)29-18)17-9-8-16(26)12-20(17)33-3/h4-12,19,22,27,31-32H,13H2,1-3H3/t19-,22+/m1/s1. The Morgan fingerprint density at radius 3 is 2.58 bits per heavy atom. The molecule has 2 aromatic carbocycles. The van der Waals surface area contributed by atoms with Gasteiger partial charge in [-0.15, -0.1) is 0 Å². The van der Waals surface area contributed by atoms with Crippen molar-refractivity contribution in [3.05, 3.63) is 82.9 Å². The first-order valence-electron chi connectivity index (χ1n) is 10.7. The largest absolute Gasteiger partial charge is 0.496 e. The lowest BCUT2D eigenvalue weighted by atomic mass is 9.96. The molecule has 7 nitrogen and oxygen atoms in total. The molecule has 3 heterocycles. The Morgan fingerprint density at radius 2 is 1.88 bits per heavy atom. The molecule has 0 unspecified atom stereocenters. The van der Waals surface area contributed by atoms with Crippen molar-refractivity contribution in [2.24, 2.45) is 0 Å². The lowest BCUT2D eigenvalue weighted by Crippen LogP contribution is -2.34. The van der Waals surface area contributed by atoms with Gasteiger partial charge in [0, 0.05) is 23.7 Å². The monoisotopic (exact) mass is 448 g/mol. The number of benzene rings is 2. The van der Waals surface area contributed by atoms with Crippen molar-refractivity contribution >= 4 is 5.65 Å². The predicted octanol–water partition coefficient (Wildman–Crippen LogP) is 3.50. The van der Waals surface area contributed by atoms with Crippen LogP contribution in [0.4, 0.5) is 4.39 Å². The van der Waals surface area contributed by atoms with Crippen molar-refractivity contribution in [3.8, 4) is 17.0 Å². The number of aliphatic hydroxyl groups excluding tert-OH is 1. The van der Waals surface area contributed by atoms with Crippen LogP contribution in [-0.4, -0.2) is 38.5 Å². The molecule has 4 aromatic rings. The molecule has 170 valence electrons. The number of nitrogens with one attached hydrogen (secondary N) is 1. The summed E-state index contributed by atoms with van der Waals surface area (Å²) in [5.41, 5.74) is 4.03. The van der Waals surface area contributed by atoms with Gasteiger partial charge in [0.15, 0.2) is 5.65 Å². The summed E-state index contributed by atoms with van der Waals surface area (Å²) in [6, 6.07) is 15.3. The van der Waals surface area contributed by atoms with Crippen LogP contribution in [0.25, 0.3) is 16.9 Å². The van der Waals surface area contributed by atoms with Crippen LogP contribution < -0.4 is 10.1 Å². The maximum Gasteiger partial charge on any atom is 0.154 e. The fourth-order valence-corrected chi connectivity index (χ4v) is 4.29. The highest BCUT2D eigenvalue weighted by molar-refractivity contribution is 5.62. The minimum atomic E-state index is -0.928. The highest BCUT2D eigenvalue weighted by atomic mass is 19.1. The lowest BCUT2D eigenvalue weighted by Gasteiger charge is -2.28. The van der Waals surface area contributed by atoms with E-state index in [9.17, 15) is 14.6 Å². The Hall–Kier alpha value is -3.33. The maximum atomic E-state index is 13.8. The van der Waals surface area contributed by atoms with Crippen molar-refractivity contribution < 1.29 is 19.3 Å². The zero-order valence-corrected chi connectivity index (χ0v) is 18.6. The quantitative estimate of drug-likeness (QED) is 0.443. The first kappa shape index (κ1) is 21.5. The number of halogens is 1. The van der Waals surface area contributed by atoms with E-state index in [1.54, 1.807) is 24.4 Å². The van der Waals surface area contributed by atoms with Gasteiger partial charge in [0.05, 0.1) is 35.8 Å². The number of β-amino-alcohol motifs (C(OH)–C–C–N with tert-alkyl or cyclic N) is 1. The fourth-order valence-electron chi connectivity index (χ4n) is 4.29. The molecule has 0 radical (unpaired) electrons. The molecule has 2 atom stereocenters. The number of imidazole rings is 1. The summed E-state index contributed by atoms with van der Waals surface area (Å²) in [4.78, 5) is 4.63. The van der Waals surface area contributed by atoms with Crippen LogP contribution in [-0.2, 0) is 5.60 Å². The molecule has 1 aliphatic rings. The van der Waals surface area contributed by atoms with E-state index in [1.165, 1.54) is 19.2 Å². The molecule has 0 saturated carbocycles. The molecule has 5 rings (SSSR count). The molecule has 3 N–H and O–H groups in total. The maximum absolute atomic E-state index is 13.8. The summed E-state index contributed by atoms with van der Waals surface area (Å²) >= 11 is 0. The van der Waals surface area contributed by atoms with Gasteiger partial charge in [-0.1, -0.05) is 30.3 Å². The summed E-state index contributed by atoms with van der Waals surface area (Å²) in [6.07, 6.45) is -0.793. The van der Waals surface area contributed by atoms with Crippen molar-refractivity contribution in [3.63, 3.8) is 0 Å². The van der Waals surface area contributed by atoms with Crippen molar-refractivity contribution in [2.45, 2.75) is 31.6 Å². The van der Waals surface area contributed by atoms with Crippen LogP contribution >= 0.6 is 0 Å². The average Bonchev–Trinajstić information content (AvgIpc) is 3.19. The van der Waals surface area contributed by atoms with E-state index >= 15 is 0 Å². The van der Waals surface area contributed by atoms with Gasteiger partial charge in [0.2, 0.25) is 0 Å². The van der Waals surface area contributed by atoms with Gasteiger partial charge in [-0.25, -0.2) is 13.9 Å². The predicted molar refractivity (Wildman–Crippen MR) is 121 cm³/mol. The van der Waals surface area contributed by atoms with E-state index < -0.39 is 17.7 Å². The third-order valence-corrected chi connectivity index (χ3v) is 6.04. The molecular formula is C25H25FN4O3. The molecule has 0 aliphatic carbocycles. The highest BCUT2D eigenvalue weighted by Gasteiger charge is 2.34. The van der Waals surface area contributed by atoms with Crippen LogP contribution in [0.5, 0.6) is 5.75 Å². The Kier molecular flexibility index (Phi) is 5.16. The Morgan fingerprint density at radius 1 is 1.12 bits per heavy atom. The van der Waals surface area contributed by atoms with E-state index in [1.807, 2.05) is 36.4 Å². The van der Waals surface area contributed by atoms with E-state index in [0.29, 0.717) is 29.3 Å². The smallest absolute Gasteiger partial charge is 0.154 e. The zero-order valence-electron chi connectivity index (χ0n) is 18.6. The first-order chi connectivity index (χ1) is 15.8. The van der Waals surface area contributed by atoms with E-state index in [2.05, 4.69) is 10.3 Å². The van der Waals surface area contributed by atoms with Crippen LogP contribution in [0.1, 0.15) is 48.5 Å². The minimum Gasteiger partial charge on any atom is -0.496 e. The van der Waals surface area contributed by atoms with E-state index in [0.717, 1.165) is 22.4 Å². The second kappa shape index (κ2) is 7.91. The number of aliphatic hydroxyl groups is 2. The topological polar surface area (TPSA) is 91.9 Å². The number of hydrogen-bond acceptors (Lipinski definition) is 6. The second-order valence-electron chi connectivity index (χ2n) is 8.75. The van der Waals surface area contributed by atoms with Gasteiger partial charge < -0.3 is 20.3 Å². The Balaban J connectivity index is 1.64. The van der Waals surface area contributed by atoms with Crippen molar-refractivity contribution in [2.75, 3.05) is 13.7 Å². The van der Waals surface area contributed by atoms with Crippen LogP contribution in [0.15, 0.2) is 54.6 Å². The van der Waals surface area contributed by atoms with Crippen molar-refractivity contribution in [1.29, 1.82) is 0 Å². The summed E-state index contributed by atoms with van der Waals surface area (Å²) in [7, 11) is 1.50. The molecule has 33 heavy (non-hydrogen) atoms. The Bertz CT molecular complexity index is 1330. The highest BCUT2D eigenvalue weighted by Crippen LogP contribution is 2.37. The zero-order chi connectivity index (χ0) is 23.3. The van der Waals surface area contributed by atoms with Gasteiger partial charge in [-0.05, 0) is 37.6 Å².